The fourth-order valence-electron chi connectivity index (χ4n) is 4.72. The number of ether oxygens (including phenoxy) is 2. The first-order valence-corrected chi connectivity index (χ1v) is 12.9. The molecule has 2 aliphatic heterocycles. The molecule has 0 radical (unpaired) electrons. The summed E-state index contributed by atoms with van der Waals surface area (Å²) in [4.78, 5) is 36.3. The number of carbonyl (C=O) groups excluding carboxylic acids is 2. The molecule has 2 atom stereocenters. The second-order valence-corrected chi connectivity index (χ2v) is 9.89. The van der Waals surface area contributed by atoms with E-state index in [0.29, 0.717) is 62.3 Å². The highest BCUT2D eigenvalue weighted by atomic mass is 19.4. The van der Waals surface area contributed by atoms with Gasteiger partial charge in [-0.15, -0.1) is 0 Å². The molecule has 13 heteroatoms. The van der Waals surface area contributed by atoms with Crippen LogP contribution >= 0.6 is 0 Å². The smallest absolute Gasteiger partial charge is 0.389 e. The lowest BCUT2D eigenvalue weighted by Gasteiger charge is -2.28. The van der Waals surface area contributed by atoms with Crippen molar-refractivity contribution in [2.24, 2.45) is 5.92 Å². The van der Waals surface area contributed by atoms with Crippen LogP contribution in [0, 0.1) is 12.8 Å². The maximum absolute atomic E-state index is 12.8. The number of halogens is 3. The molecule has 2 N–H and O–H groups in total. The van der Waals surface area contributed by atoms with Gasteiger partial charge in [0.25, 0.3) is 6.47 Å². The van der Waals surface area contributed by atoms with Crippen molar-refractivity contribution >= 4 is 30.0 Å². The van der Waals surface area contributed by atoms with Crippen molar-refractivity contribution < 1.29 is 32.2 Å². The lowest BCUT2D eigenvalue weighted by molar-refractivity contribution is -0.143. The van der Waals surface area contributed by atoms with E-state index in [1.807, 2.05) is 24.8 Å². The van der Waals surface area contributed by atoms with E-state index in [-0.39, 0.29) is 25.7 Å². The van der Waals surface area contributed by atoms with E-state index in [0.717, 1.165) is 11.1 Å². The molecule has 2 saturated heterocycles. The summed E-state index contributed by atoms with van der Waals surface area (Å²) in [6.45, 7) is 7.07. The quantitative estimate of drug-likeness (QED) is 0.450. The molecule has 3 heterocycles. The minimum absolute atomic E-state index is 0.0694. The average Bonchev–Trinajstić information content (AvgIpc) is 3.36. The average molecular weight is 551 g/mol. The molecule has 10 nitrogen and oxygen atoms in total. The zero-order chi connectivity index (χ0) is 28.0. The van der Waals surface area contributed by atoms with Gasteiger partial charge in [0, 0.05) is 49.9 Å². The number of urea groups is 1. The standard InChI is InChI=1S/C26H33F3N6O4/c1-17-3-4-20(31-25(37)35-6-5-19(14-35)13-26(27,28)29)11-21(17)22-12-23(30-18(2)15-39-16-36)33-24(32-22)34-7-9-38-10-8-34/h3-4,11-12,16,18-19H,5-10,13-15H2,1-2H3,(H,31,37)(H,30,32,33)/t18-,19+/m1/s1. The van der Waals surface area contributed by atoms with E-state index >= 15 is 0 Å². The number of likely N-dealkylation sites (tertiary alicyclic amines) is 1. The van der Waals surface area contributed by atoms with Crippen molar-refractivity contribution in [3.8, 4) is 11.3 Å². The Labute approximate surface area is 224 Å². The van der Waals surface area contributed by atoms with Gasteiger partial charge < -0.3 is 29.9 Å². The van der Waals surface area contributed by atoms with Crippen LogP contribution < -0.4 is 15.5 Å². The number of morpholine rings is 1. The van der Waals surface area contributed by atoms with Gasteiger partial charge in [0.05, 0.1) is 24.9 Å². The topological polar surface area (TPSA) is 109 Å². The predicted octanol–water partition coefficient (Wildman–Crippen LogP) is 4.07. The summed E-state index contributed by atoms with van der Waals surface area (Å²) in [5, 5.41) is 6.06. The molecule has 0 saturated carbocycles. The molecule has 0 bridgehead atoms. The molecule has 0 aliphatic carbocycles. The number of amides is 2. The van der Waals surface area contributed by atoms with Gasteiger partial charge in [0.15, 0.2) is 0 Å². The molecular weight excluding hydrogens is 517 g/mol. The third kappa shape index (κ3) is 7.94. The van der Waals surface area contributed by atoms with Crippen molar-refractivity contribution in [1.82, 2.24) is 14.9 Å². The van der Waals surface area contributed by atoms with Crippen LogP contribution in [0.1, 0.15) is 25.3 Å². The van der Waals surface area contributed by atoms with E-state index in [4.69, 9.17) is 14.5 Å². The zero-order valence-corrected chi connectivity index (χ0v) is 22.0. The first-order valence-electron chi connectivity index (χ1n) is 12.9. The minimum atomic E-state index is -4.24. The highest BCUT2D eigenvalue weighted by Crippen LogP contribution is 2.32. The third-order valence-corrected chi connectivity index (χ3v) is 6.67. The first-order chi connectivity index (χ1) is 18.6. The number of nitrogens with zero attached hydrogens (tertiary/aromatic N) is 4. The number of nitrogens with one attached hydrogen (secondary N) is 2. The molecule has 0 unspecified atom stereocenters. The highest BCUT2D eigenvalue weighted by molar-refractivity contribution is 5.90. The summed E-state index contributed by atoms with van der Waals surface area (Å²) in [7, 11) is 0. The van der Waals surface area contributed by atoms with Gasteiger partial charge >= 0.3 is 12.2 Å². The number of carbonyl (C=O) groups is 2. The zero-order valence-electron chi connectivity index (χ0n) is 22.0. The van der Waals surface area contributed by atoms with Crippen molar-refractivity contribution in [2.75, 3.05) is 61.5 Å². The molecule has 0 spiro atoms. The fraction of sp³-hybridized carbons (Fsp3) is 0.538. The van der Waals surface area contributed by atoms with Crippen molar-refractivity contribution in [2.45, 2.75) is 38.9 Å². The Hall–Kier alpha value is -3.61. The Kier molecular flexibility index (Phi) is 9.10. The van der Waals surface area contributed by atoms with Crippen LogP contribution in [0.15, 0.2) is 24.3 Å². The monoisotopic (exact) mass is 550 g/mol. The van der Waals surface area contributed by atoms with E-state index < -0.39 is 24.5 Å². The Morgan fingerprint density at radius 1 is 1.23 bits per heavy atom. The van der Waals surface area contributed by atoms with Gasteiger partial charge in [-0.1, -0.05) is 6.07 Å². The van der Waals surface area contributed by atoms with Crippen molar-refractivity contribution in [3.05, 3.63) is 29.8 Å². The molecule has 2 fully saturated rings. The van der Waals surface area contributed by atoms with Gasteiger partial charge in [0.1, 0.15) is 12.4 Å². The number of hydrogen-bond donors (Lipinski definition) is 2. The summed E-state index contributed by atoms with van der Waals surface area (Å²) < 4.78 is 48.6. The maximum atomic E-state index is 12.8. The summed E-state index contributed by atoms with van der Waals surface area (Å²) in [5.74, 6) is 0.475. The van der Waals surface area contributed by atoms with Crippen LogP contribution in [0.2, 0.25) is 0 Å². The molecule has 212 valence electrons. The van der Waals surface area contributed by atoms with Crippen LogP contribution in [0.4, 0.5) is 35.4 Å². The molecule has 1 aromatic heterocycles. The van der Waals surface area contributed by atoms with E-state index in [2.05, 4.69) is 15.6 Å². The SMILES string of the molecule is Cc1ccc(NC(=O)N2CC[C@@H](CC(F)(F)F)C2)cc1-c1cc(N[C@H](C)COC=O)nc(N2CCOCC2)n1. The van der Waals surface area contributed by atoms with E-state index in [1.54, 1.807) is 18.2 Å². The van der Waals surface area contributed by atoms with Gasteiger partial charge in [-0.2, -0.15) is 18.2 Å². The molecular formula is C26H33F3N6O4. The van der Waals surface area contributed by atoms with Crippen LogP contribution in [0.25, 0.3) is 11.3 Å². The normalized spacial score (nSPS) is 18.5. The third-order valence-electron chi connectivity index (χ3n) is 6.67. The molecule has 2 amide bonds. The van der Waals surface area contributed by atoms with Crippen LogP contribution in [0.5, 0.6) is 0 Å². The number of alkyl halides is 3. The Balaban J connectivity index is 1.55. The Morgan fingerprint density at radius 2 is 2.00 bits per heavy atom. The second-order valence-electron chi connectivity index (χ2n) is 9.89. The van der Waals surface area contributed by atoms with Crippen molar-refractivity contribution in [3.63, 3.8) is 0 Å². The molecule has 2 aromatic rings. The number of aromatic nitrogens is 2. The van der Waals surface area contributed by atoms with Crippen LogP contribution in [0.3, 0.4) is 0 Å². The summed E-state index contributed by atoms with van der Waals surface area (Å²) >= 11 is 0. The second kappa shape index (κ2) is 12.5. The summed E-state index contributed by atoms with van der Waals surface area (Å²) in [6.07, 6.45) is -4.81. The van der Waals surface area contributed by atoms with Crippen molar-refractivity contribution in [1.29, 1.82) is 0 Å². The lowest BCUT2D eigenvalue weighted by atomic mass is 10.0. The fourth-order valence-corrected chi connectivity index (χ4v) is 4.72. The number of aryl methyl sites for hydroxylation is 1. The minimum Gasteiger partial charge on any atom is -0.466 e. The van der Waals surface area contributed by atoms with Crippen LogP contribution in [-0.2, 0) is 14.3 Å². The number of anilines is 3. The largest absolute Gasteiger partial charge is 0.466 e. The predicted molar refractivity (Wildman–Crippen MR) is 140 cm³/mol. The van der Waals surface area contributed by atoms with E-state index in [9.17, 15) is 22.8 Å². The molecule has 1 aromatic carbocycles. The number of hydrogen-bond acceptors (Lipinski definition) is 8. The summed E-state index contributed by atoms with van der Waals surface area (Å²) in [5.41, 5.74) is 2.81. The maximum Gasteiger partial charge on any atom is 0.389 e. The van der Waals surface area contributed by atoms with Gasteiger partial charge in [0.2, 0.25) is 5.95 Å². The first kappa shape index (κ1) is 28.4. The van der Waals surface area contributed by atoms with Gasteiger partial charge in [-0.05, 0) is 43.9 Å². The van der Waals surface area contributed by atoms with Crippen LogP contribution in [-0.4, -0.2) is 85.6 Å². The number of rotatable bonds is 9. The Bertz CT molecular complexity index is 1160. The number of benzene rings is 1. The Morgan fingerprint density at radius 3 is 2.72 bits per heavy atom. The molecule has 4 rings (SSSR count). The van der Waals surface area contributed by atoms with Gasteiger partial charge in [-0.3, -0.25) is 4.79 Å². The highest BCUT2D eigenvalue weighted by Gasteiger charge is 2.36. The van der Waals surface area contributed by atoms with Gasteiger partial charge in [-0.25, -0.2) is 9.78 Å². The van der Waals surface area contributed by atoms with E-state index in [1.165, 1.54) is 4.90 Å². The summed E-state index contributed by atoms with van der Waals surface area (Å²) in [6, 6.07) is 6.55. The lowest BCUT2D eigenvalue weighted by Crippen LogP contribution is -2.37. The molecule has 2 aliphatic rings. The molecule has 39 heavy (non-hydrogen) atoms.